The van der Waals surface area contributed by atoms with Crippen LogP contribution in [0.15, 0.2) is 85.6 Å². The fourth-order valence-corrected chi connectivity index (χ4v) is 3.37. The third-order valence-electron chi connectivity index (χ3n) is 4.96. The number of benzene rings is 2. The van der Waals surface area contributed by atoms with Gasteiger partial charge in [0, 0.05) is 41.8 Å². The average molecular weight is 410 g/mol. The van der Waals surface area contributed by atoms with Crippen molar-refractivity contribution in [3.63, 3.8) is 0 Å². The van der Waals surface area contributed by atoms with Crippen molar-refractivity contribution in [3.8, 4) is 28.1 Å². The van der Waals surface area contributed by atoms with E-state index >= 15 is 0 Å². The van der Waals surface area contributed by atoms with E-state index in [0.717, 1.165) is 39.3 Å². The van der Waals surface area contributed by atoms with Crippen molar-refractivity contribution in [1.82, 2.24) is 20.3 Å². The Hall–Kier alpha value is -4.06. The predicted molar refractivity (Wildman–Crippen MR) is 119 cm³/mol. The molecule has 2 aromatic heterocycles. The maximum Gasteiger partial charge on any atom is 0.224 e. The summed E-state index contributed by atoms with van der Waals surface area (Å²) in [6, 6.07) is 19.4. The van der Waals surface area contributed by atoms with Crippen LogP contribution in [0, 0.1) is 0 Å². The van der Waals surface area contributed by atoms with Crippen molar-refractivity contribution in [2.75, 3.05) is 7.11 Å². The number of aromatic nitrogens is 3. The fraction of sp³-hybridized carbons (Fsp3) is 0.120. The second-order valence-electron chi connectivity index (χ2n) is 6.98. The summed E-state index contributed by atoms with van der Waals surface area (Å²) >= 11 is 0. The Labute approximate surface area is 181 Å². The number of carbonyl (C=O) groups excluding carboxylic acids is 1. The van der Waals surface area contributed by atoms with Gasteiger partial charge in [-0.1, -0.05) is 42.5 Å². The Bertz CT molecular complexity index is 1160. The number of nitrogens with one attached hydrogen (secondary N) is 1. The van der Waals surface area contributed by atoms with E-state index in [1.807, 2.05) is 66.9 Å². The van der Waals surface area contributed by atoms with E-state index in [2.05, 4.69) is 20.3 Å². The third kappa shape index (κ3) is 4.93. The minimum atomic E-state index is -0.0515. The van der Waals surface area contributed by atoms with Crippen molar-refractivity contribution in [1.29, 1.82) is 0 Å². The van der Waals surface area contributed by atoms with Gasteiger partial charge in [0.1, 0.15) is 12.1 Å². The van der Waals surface area contributed by atoms with Crippen LogP contribution in [0.3, 0.4) is 0 Å². The van der Waals surface area contributed by atoms with Crippen LogP contribution in [0.4, 0.5) is 0 Å². The van der Waals surface area contributed by atoms with Gasteiger partial charge < -0.3 is 10.1 Å². The summed E-state index contributed by atoms with van der Waals surface area (Å²) in [5, 5.41) is 2.97. The first-order chi connectivity index (χ1) is 15.2. The molecule has 0 bridgehead atoms. The van der Waals surface area contributed by atoms with Crippen molar-refractivity contribution < 1.29 is 9.53 Å². The minimum Gasteiger partial charge on any atom is -0.496 e. The Morgan fingerprint density at radius 1 is 0.935 bits per heavy atom. The number of nitrogens with zero attached hydrogens (tertiary/aromatic N) is 3. The molecule has 2 aromatic carbocycles. The van der Waals surface area contributed by atoms with Gasteiger partial charge >= 0.3 is 0 Å². The maximum atomic E-state index is 12.4. The lowest BCUT2D eigenvalue weighted by molar-refractivity contribution is -0.120. The van der Waals surface area contributed by atoms with Crippen LogP contribution in [0.5, 0.6) is 5.75 Å². The van der Waals surface area contributed by atoms with Gasteiger partial charge in [0.05, 0.1) is 19.2 Å². The molecule has 4 aromatic rings. The lowest BCUT2D eigenvalue weighted by Gasteiger charge is -2.10. The quantitative estimate of drug-likeness (QED) is 0.497. The summed E-state index contributed by atoms with van der Waals surface area (Å²) in [6.45, 7) is 0.454. The predicted octanol–water partition coefficient (Wildman–Crippen LogP) is 4.07. The number of amides is 1. The van der Waals surface area contributed by atoms with Crippen LogP contribution in [-0.4, -0.2) is 28.0 Å². The molecular formula is C25H22N4O2. The number of hydrogen-bond acceptors (Lipinski definition) is 5. The minimum absolute atomic E-state index is 0.0515. The number of ether oxygens (including phenoxy) is 1. The second kappa shape index (κ2) is 9.63. The van der Waals surface area contributed by atoms with Gasteiger partial charge in [-0.05, 0) is 29.3 Å². The monoisotopic (exact) mass is 410 g/mol. The molecule has 0 unspecified atom stereocenters. The molecule has 31 heavy (non-hydrogen) atoms. The summed E-state index contributed by atoms with van der Waals surface area (Å²) < 4.78 is 5.31. The molecule has 0 fully saturated rings. The van der Waals surface area contributed by atoms with Gasteiger partial charge in [0.15, 0.2) is 0 Å². The van der Waals surface area contributed by atoms with Gasteiger partial charge in [-0.2, -0.15) is 0 Å². The first-order valence-corrected chi connectivity index (χ1v) is 9.93. The molecule has 154 valence electrons. The molecule has 0 saturated heterocycles. The molecule has 0 radical (unpaired) electrons. The van der Waals surface area contributed by atoms with Crippen LogP contribution in [0.1, 0.15) is 11.1 Å². The topological polar surface area (TPSA) is 77.0 Å². The highest BCUT2D eigenvalue weighted by atomic mass is 16.5. The van der Waals surface area contributed by atoms with Crippen LogP contribution in [0.25, 0.3) is 22.4 Å². The number of rotatable bonds is 7. The third-order valence-corrected chi connectivity index (χ3v) is 4.96. The molecule has 1 amide bonds. The zero-order valence-corrected chi connectivity index (χ0v) is 17.2. The van der Waals surface area contributed by atoms with Gasteiger partial charge in [-0.3, -0.25) is 9.78 Å². The number of hydrogen-bond donors (Lipinski definition) is 1. The van der Waals surface area contributed by atoms with Crippen molar-refractivity contribution in [2.45, 2.75) is 13.0 Å². The van der Waals surface area contributed by atoms with E-state index in [9.17, 15) is 4.79 Å². The summed E-state index contributed by atoms with van der Waals surface area (Å²) in [6.07, 6.45) is 7.14. The molecular weight excluding hydrogens is 388 g/mol. The first kappa shape index (κ1) is 20.2. The summed E-state index contributed by atoms with van der Waals surface area (Å²) in [5.74, 6) is 0.668. The van der Waals surface area contributed by atoms with Crippen LogP contribution in [-0.2, 0) is 17.8 Å². The lowest BCUT2D eigenvalue weighted by atomic mass is 10.0. The van der Waals surface area contributed by atoms with Crippen molar-refractivity contribution in [2.24, 2.45) is 0 Å². The Kier molecular flexibility index (Phi) is 6.28. The average Bonchev–Trinajstić information content (AvgIpc) is 2.84. The van der Waals surface area contributed by atoms with Gasteiger partial charge in [-0.25, -0.2) is 9.97 Å². The van der Waals surface area contributed by atoms with Gasteiger partial charge in [0.2, 0.25) is 5.91 Å². The standard InChI is InChI=1S/C25H22N4O2/c1-31-23-5-3-2-4-21(23)14-24(30)28-15-18-6-8-20(9-7-18)25-22(16-27-17-29-25)19-10-12-26-13-11-19/h2-13,16-17H,14-15H2,1H3,(H,28,30). The van der Waals surface area contributed by atoms with E-state index in [1.54, 1.807) is 25.8 Å². The normalized spacial score (nSPS) is 10.5. The molecule has 2 heterocycles. The smallest absolute Gasteiger partial charge is 0.224 e. The van der Waals surface area contributed by atoms with Gasteiger partial charge in [0.25, 0.3) is 0 Å². The van der Waals surface area contributed by atoms with Crippen molar-refractivity contribution >= 4 is 5.91 Å². The highest BCUT2D eigenvalue weighted by molar-refractivity contribution is 5.80. The van der Waals surface area contributed by atoms with Crippen molar-refractivity contribution in [3.05, 3.63) is 96.7 Å². The lowest BCUT2D eigenvalue weighted by Crippen LogP contribution is -2.24. The van der Waals surface area contributed by atoms with E-state index in [4.69, 9.17) is 4.74 Å². The summed E-state index contributed by atoms with van der Waals surface area (Å²) in [7, 11) is 1.61. The molecule has 0 spiro atoms. The largest absolute Gasteiger partial charge is 0.496 e. The van der Waals surface area contributed by atoms with Gasteiger partial charge in [-0.15, -0.1) is 0 Å². The molecule has 6 nitrogen and oxygen atoms in total. The maximum absolute atomic E-state index is 12.4. The number of pyridine rings is 1. The van der Waals surface area contributed by atoms with E-state index in [0.29, 0.717) is 6.54 Å². The zero-order chi connectivity index (χ0) is 21.5. The molecule has 0 aliphatic rings. The summed E-state index contributed by atoms with van der Waals surface area (Å²) in [4.78, 5) is 25.1. The van der Waals surface area contributed by atoms with E-state index < -0.39 is 0 Å². The highest BCUT2D eigenvalue weighted by Gasteiger charge is 2.10. The van der Waals surface area contributed by atoms with E-state index in [-0.39, 0.29) is 12.3 Å². The highest BCUT2D eigenvalue weighted by Crippen LogP contribution is 2.29. The van der Waals surface area contributed by atoms with Crippen LogP contribution < -0.4 is 10.1 Å². The Balaban J connectivity index is 1.43. The van der Waals surface area contributed by atoms with Crippen LogP contribution >= 0.6 is 0 Å². The Morgan fingerprint density at radius 3 is 2.48 bits per heavy atom. The molecule has 4 rings (SSSR count). The molecule has 0 atom stereocenters. The summed E-state index contributed by atoms with van der Waals surface area (Å²) in [5.41, 5.74) is 5.68. The molecule has 0 aliphatic heterocycles. The zero-order valence-electron chi connectivity index (χ0n) is 17.2. The number of carbonyl (C=O) groups is 1. The van der Waals surface area contributed by atoms with Crippen LogP contribution in [0.2, 0.25) is 0 Å². The second-order valence-corrected chi connectivity index (χ2v) is 6.98. The SMILES string of the molecule is COc1ccccc1CC(=O)NCc1ccc(-c2ncncc2-c2ccncc2)cc1. The molecule has 1 N–H and O–H groups in total. The fourth-order valence-electron chi connectivity index (χ4n) is 3.37. The van der Waals surface area contributed by atoms with E-state index in [1.165, 1.54) is 0 Å². The number of methoxy groups -OCH3 is 1. The Morgan fingerprint density at radius 2 is 1.71 bits per heavy atom. The number of para-hydroxylation sites is 1. The molecule has 0 saturated carbocycles. The molecule has 6 heteroatoms. The molecule has 0 aliphatic carbocycles. The first-order valence-electron chi connectivity index (χ1n) is 9.93.